The lowest BCUT2D eigenvalue weighted by molar-refractivity contribution is -0.145. The maximum atomic E-state index is 11.7. The molecule has 1 aromatic carbocycles. The molecule has 98 valence electrons. The molecule has 0 aliphatic carbocycles. The zero-order valence-electron chi connectivity index (χ0n) is 10.8. The van der Waals surface area contributed by atoms with E-state index in [1.54, 1.807) is 38.1 Å². The molecule has 0 heterocycles. The molecule has 0 saturated heterocycles. The maximum Gasteiger partial charge on any atom is 0.328 e. The van der Waals surface area contributed by atoms with Crippen molar-refractivity contribution in [2.24, 2.45) is 0 Å². The zero-order chi connectivity index (χ0) is 13.7. The van der Waals surface area contributed by atoms with Gasteiger partial charge >= 0.3 is 5.97 Å². The third kappa shape index (κ3) is 3.23. The molecule has 0 saturated carbocycles. The highest BCUT2D eigenvalue weighted by Gasteiger charge is 2.26. The molecule has 0 fully saturated rings. The number of esters is 1. The Kier molecular flexibility index (Phi) is 4.71. The number of carbonyl (C=O) groups is 2. The van der Waals surface area contributed by atoms with Crippen LogP contribution in [0.2, 0.25) is 0 Å². The molecular formula is C13H18N2O3. The number of benzene rings is 1. The van der Waals surface area contributed by atoms with Gasteiger partial charge in [-0.05, 0) is 32.0 Å². The van der Waals surface area contributed by atoms with Gasteiger partial charge in [0.2, 0.25) is 5.91 Å². The third-order valence-electron chi connectivity index (χ3n) is 2.50. The second-order valence-corrected chi connectivity index (χ2v) is 3.91. The average molecular weight is 250 g/mol. The molecule has 0 aliphatic rings. The largest absolute Gasteiger partial charge is 0.464 e. The SMILES string of the molecule is CCOC(=O)C(C)N(C(C)=O)c1cccc(N)c1. The quantitative estimate of drug-likeness (QED) is 0.650. The molecular weight excluding hydrogens is 232 g/mol. The van der Waals surface area contributed by atoms with Crippen molar-refractivity contribution < 1.29 is 14.3 Å². The third-order valence-corrected chi connectivity index (χ3v) is 2.50. The minimum absolute atomic E-state index is 0.235. The van der Waals surface area contributed by atoms with Crippen molar-refractivity contribution in [2.45, 2.75) is 26.8 Å². The summed E-state index contributed by atoms with van der Waals surface area (Å²) >= 11 is 0. The smallest absolute Gasteiger partial charge is 0.328 e. The van der Waals surface area contributed by atoms with Crippen LogP contribution in [0.15, 0.2) is 24.3 Å². The number of amides is 1. The first kappa shape index (κ1) is 14.0. The minimum atomic E-state index is -0.677. The lowest BCUT2D eigenvalue weighted by atomic mass is 10.2. The van der Waals surface area contributed by atoms with Gasteiger partial charge in [-0.2, -0.15) is 0 Å². The van der Waals surface area contributed by atoms with E-state index in [9.17, 15) is 9.59 Å². The van der Waals surface area contributed by atoms with Gasteiger partial charge in [-0.15, -0.1) is 0 Å². The van der Waals surface area contributed by atoms with E-state index in [0.717, 1.165) is 0 Å². The Hall–Kier alpha value is -2.04. The summed E-state index contributed by atoms with van der Waals surface area (Å²) in [7, 11) is 0. The van der Waals surface area contributed by atoms with E-state index in [1.807, 2.05) is 0 Å². The molecule has 1 amide bonds. The number of ether oxygens (including phenoxy) is 1. The van der Waals surface area contributed by atoms with Crippen LogP contribution < -0.4 is 10.6 Å². The predicted molar refractivity (Wildman–Crippen MR) is 70.1 cm³/mol. The van der Waals surface area contributed by atoms with Gasteiger partial charge in [0.1, 0.15) is 6.04 Å². The highest BCUT2D eigenvalue weighted by atomic mass is 16.5. The fourth-order valence-electron chi connectivity index (χ4n) is 1.72. The van der Waals surface area contributed by atoms with Gasteiger partial charge in [0, 0.05) is 18.3 Å². The van der Waals surface area contributed by atoms with Crippen molar-refractivity contribution in [3.63, 3.8) is 0 Å². The molecule has 0 radical (unpaired) electrons. The van der Waals surface area contributed by atoms with Crippen LogP contribution in [0.25, 0.3) is 0 Å². The van der Waals surface area contributed by atoms with E-state index in [1.165, 1.54) is 11.8 Å². The molecule has 5 heteroatoms. The van der Waals surface area contributed by atoms with Crippen LogP contribution in [0.3, 0.4) is 0 Å². The van der Waals surface area contributed by atoms with Gasteiger partial charge in [-0.25, -0.2) is 4.79 Å². The van der Waals surface area contributed by atoms with E-state index in [2.05, 4.69) is 0 Å². The molecule has 0 spiro atoms. The molecule has 5 nitrogen and oxygen atoms in total. The van der Waals surface area contributed by atoms with Crippen molar-refractivity contribution in [3.8, 4) is 0 Å². The van der Waals surface area contributed by atoms with Crippen LogP contribution in [0, 0.1) is 0 Å². The molecule has 2 N–H and O–H groups in total. The van der Waals surface area contributed by atoms with Crippen molar-refractivity contribution in [1.82, 2.24) is 0 Å². The summed E-state index contributed by atoms with van der Waals surface area (Å²) in [6.45, 7) is 5.04. The number of hydrogen-bond donors (Lipinski definition) is 1. The van der Waals surface area contributed by atoms with Crippen LogP contribution in [0.5, 0.6) is 0 Å². The molecule has 1 rings (SSSR count). The fourth-order valence-corrected chi connectivity index (χ4v) is 1.72. The van der Waals surface area contributed by atoms with Gasteiger partial charge in [0.15, 0.2) is 0 Å². The normalized spacial score (nSPS) is 11.7. The molecule has 0 aromatic heterocycles. The van der Waals surface area contributed by atoms with Crippen molar-refractivity contribution in [1.29, 1.82) is 0 Å². The molecule has 0 aliphatic heterocycles. The Morgan fingerprint density at radius 2 is 2.11 bits per heavy atom. The number of anilines is 2. The van der Waals surface area contributed by atoms with Crippen LogP contribution in [-0.2, 0) is 14.3 Å². The number of nitrogen functional groups attached to an aromatic ring is 1. The summed E-state index contributed by atoms with van der Waals surface area (Å²) in [6, 6.07) is 6.16. The number of nitrogens with two attached hydrogens (primary N) is 1. The Morgan fingerprint density at radius 1 is 1.44 bits per heavy atom. The second kappa shape index (κ2) is 6.05. The van der Waals surface area contributed by atoms with Crippen molar-refractivity contribution in [2.75, 3.05) is 17.2 Å². The molecule has 1 unspecified atom stereocenters. The first-order valence-corrected chi connectivity index (χ1v) is 5.79. The van der Waals surface area contributed by atoms with Gasteiger partial charge < -0.3 is 10.5 Å². The van der Waals surface area contributed by atoms with Crippen LogP contribution in [0.4, 0.5) is 11.4 Å². The van der Waals surface area contributed by atoms with E-state index in [-0.39, 0.29) is 12.5 Å². The van der Waals surface area contributed by atoms with Gasteiger partial charge in [-0.1, -0.05) is 6.07 Å². The highest BCUT2D eigenvalue weighted by molar-refractivity contribution is 5.98. The van der Waals surface area contributed by atoms with E-state index in [0.29, 0.717) is 11.4 Å². The first-order valence-electron chi connectivity index (χ1n) is 5.79. The van der Waals surface area contributed by atoms with Crippen molar-refractivity contribution >= 4 is 23.3 Å². The lowest BCUT2D eigenvalue weighted by Crippen LogP contribution is -2.43. The lowest BCUT2D eigenvalue weighted by Gasteiger charge is -2.26. The Labute approximate surface area is 107 Å². The summed E-state index contributed by atoms with van der Waals surface area (Å²) in [6.07, 6.45) is 0. The van der Waals surface area contributed by atoms with E-state index in [4.69, 9.17) is 10.5 Å². The molecule has 0 bridgehead atoms. The number of rotatable bonds is 4. The number of carbonyl (C=O) groups excluding carboxylic acids is 2. The number of hydrogen-bond acceptors (Lipinski definition) is 4. The first-order chi connectivity index (χ1) is 8.47. The van der Waals surface area contributed by atoms with Gasteiger partial charge in [0.25, 0.3) is 0 Å². The monoisotopic (exact) mass is 250 g/mol. The molecule has 18 heavy (non-hydrogen) atoms. The highest BCUT2D eigenvalue weighted by Crippen LogP contribution is 2.20. The summed E-state index contributed by atoms with van der Waals surface area (Å²) in [5.74, 6) is -0.670. The molecule has 1 atom stereocenters. The minimum Gasteiger partial charge on any atom is -0.464 e. The summed E-state index contributed by atoms with van der Waals surface area (Å²) in [5.41, 5.74) is 6.80. The second-order valence-electron chi connectivity index (χ2n) is 3.91. The standard InChI is InChI=1S/C13H18N2O3/c1-4-18-13(17)9(2)15(10(3)16)12-7-5-6-11(14)8-12/h5-9H,4,14H2,1-3H3. The maximum absolute atomic E-state index is 11.7. The Morgan fingerprint density at radius 3 is 2.61 bits per heavy atom. The Bertz CT molecular complexity index is 446. The zero-order valence-corrected chi connectivity index (χ0v) is 10.8. The van der Waals surface area contributed by atoms with Crippen LogP contribution >= 0.6 is 0 Å². The fraction of sp³-hybridized carbons (Fsp3) is 0.385. The van der Waals surface area contributed by atoms with Crippen LogP contribution in [0.1, 0.15) is 20.8 Å². The molecule has 1 aromatic rings. The van der Waals surface area contributed by atoms with Crippen LogP contribution in [-0.4, -0.2) is 24.5 Å². The Balaban J connectivity index is 3.03. The summed E-state index contributed by atoms with van der Waals surface area (Å²) < 4.78 is 4.92. The van der Waals surface area contributed by atoms with Crippen molar-refractivity contribution in [3.05, 3.63) is 24.3 Å². The summed E-state index contributed by atoms with van der Waals surface area (Å²) in [4.78, 5) is 24.8. The average Bonchev–Trinajstić information content (AvgIpc) is 2.29. The topological polar surface area (TPSA) is 72.6 Å². The van der Waals surface area contributed by atoms with E-state index >= 15 is 0 Å². The van der Waals surface area contributed by atoms with Gasteiger partial charge in [0.05, 0.1) is 6.61 Å². The van der Waals surface area contributed by atoms with Gasteiger partial charge in [-0.3, -0.25) is 9.69 Å². The van der Waals surface area contributed by atoms with E-state index < -0.39 is 12.0 Å². The number of nitrogens with zero attached hydrogens (tertiary/aromatic N) is 1. The summed E-state index contributed by atoms with van der Waals surface area (Å²) in [5, 5.41) is 0. The predicted octanol–water partition coefficient (Wildman–Crippen LogP) is 1.57.